The van der Waals surface area contributed by atoms with Crippen molar-refractivity contribution in [2.45, 2.75) is 24.5 Å². The van der Waals surface area contributed by atoms with Gasteiger partial charge in [-0.2, -0.15) is 11.8 Å². The monoisotopic (exact) mass is 251 g/mol. The van der Waals surface area contributed by atoms with Gasteiger partial charge in [-0.3, -0.25) is 14.9 Å². The third-order valence-electron chi connectivity index (χ3n) is 2.83. The first-order valence-electron chi connectivity index (χ1n) is 5.59. The number of Topliss-reactive ketones (excluding diaryl/α,β-unsaturated/α-hetero) is 1. The number of nitrogens with zero attached hydrogens (tertiary/aromatic N) is 1. The zero-order chi connectivity index (χ0) is 12.3. The topological polar surface area (TPSA) is 60.2 Å². The van der Waals surface area contributed by atoms with Crippen LogP contribution in [0.4, 0.5) is 5.69 Å². The average molecular weight is 251 g/mol. The molecule has 0 aliphatic carbocycles. The second-order valence-corrected chi connectivity index (χ2v) is 5.33. The van der Waals surface area contributed by atoms with Gasteiger partial charge in [-0.05, 0) is 30.7 Å². The molecule has 0 amide bonds. The van der Waals surface area contributed by atoms with E-state index >= 15 is 0 Å². The predicted molar refractivity (Wildman–Crippen MR) is 67.5 cm³/mol. The van der Waals surface area contributed by atoms with Crippen LogP contribution in [0, 0.1) is 10.1 Å². The van der Waals surface area contributed by atoms with Crippen LogP contribution in [0.2, 0.25) is 0 Å². The molecule has 0 saturated carbocycles. The van der Waals surface area contributed by atoms with E-state index < -0.39 is 4.92 Å². The van der Waals surface area contributed by atoms with Crippen LogP contribution in [-0.4, -0.2) is 21.7 Å². The lowest BCUT2D eigenvalue weighted by molar-refractivity contribution is -0.384. The van der Waals surface area contributed by atoms with Gasteiger partial charge in [-0.1, -0.05) is 6.42 Å². The van der Waals surface area contributed by atoms with Gasteiger partial charge in [-0.15, -0.1) is 0 Å². The van der Waals surface area contributed by atoms with Crippen molar-refractivity contribution >= 4 is 23.2 Å². The van der Waals surface area contributed by atoms with Gasteiger partial charge in [0.1, 0.15) is 0 Å². The number of ketones is 1. The fourth-order valence-corrected chi connectivity index (χ4v) is 3.16. The van der Waals surface area contributed by atoms with Crippen LogP contribution in [0.25, 0.3) is 0 Å². The molecule has 1 heterocycles. The standard InChI is InChI=1S/C12H13NO3S/c14-12(11-3-1-2-8-17-11)9-4-6-10(7-5-9)13(15)16/h4-7,11H,1-3,8H2. The zero-order valence-electron chi connectivity index (χ0n) is 9.30. The average Bonchev–Trinajstić information content (AvgIpc) is 2.39. The molecule has 1 fully saturated rings. The number of nitro benzene ring substituents is 1. The summed E-state index contributed by atoms with van der Waals surface area (Å²) in [6, 6.07) is 5.88. The third-order valence-corrected chi connectivity index (χ3v) is 4.21. The molecule has 90 valence electrons. The highest BCUT2D eigenvalue weighted by molar-refractivity contribution is 8.00. The van der Waals surface area contributed by atoms with Gasteiger partial charge < -0.3 is 0 Å². The first kappa shape index (κ1) is 12.1. The Labute approximate surface area is 104 Å². The molecule has 0 N–H and O–H groups in total. The van der Waals surface area contributed by atoms with Gasteiger partial charge in [0.05, 0.1) is 10.2 Å². The van der Waals surface area contributed by atoms with Crippen molar-refractivity contribution in [2.75, 3.05) is 5.75 Å². The fraction of sp³-hybridized carbons (Fsp3) is 0.417. The maximum Gasteiger partial charge on any atom is 0.269 e. The van der Waals surface area contributed by atoms with Gasteiger partial charge in [0.2, 0.25) is 0 Å². The highest BCUT2D eigenvalue weighted by Gasteiger charge is 2.23. The first-order chi connectivity index (χ1) is 8.18. The molecule has 1 aromatic rings. The number of thioether (sulfide) groups is 1. The van der Waals surface area contributed by atoms with Crippen LogP contribution in [0.5, 0.6) is 0 Å². The summed E-state index contributed by atoms with van der Waals surface area (Å²) in [7, 11) is 0. The SMILES string of the molecule is O=C(c1ccc([N+](=O)[O-])cc1)C1CCCCS1. The number of hydrogen-bond donors (Lipinski definition) is 0. The quantitative estimate of drug-likeness (QED) is 0.470. The Morgan fingerprint density at radius 2 is 2.00 bits per heavy atom. The zero-order valence-corrected chi connectivity index (χ0v) is 10.1. The Balaban J connectivity index is 2.10. The summed E-state index contributed by atoms with van der Waals surface area (Å²) in [6.45, 7) is 0. The minimum Gasteiger partial charge on any atom is -0.293 e. The second kappa shape index (κ2) is 5.31. The van der Waals surface area contributed by atoms with E-state index in [2.05, 4.69) is 0 Å². The molecule has 2 rings (SSSR count). The maximum absolute atomic E-state index is 12.1. The van der Waals surface area contributed by atoms with Crippen LogP contribution >= 0.6 is 11.8 Å². The Morgan fingerprint density at radius 3 is 2.53 bits per heavy atom. The molecule has 1 unspecified atom stereocenters. The lowest BCUT2D eigenvalue weighted by Crippen LogP contribution is -2.20. The molecule has 1 aliphatic rings. The molecular weight excluding hydrogens is 238 g/mol. The van der Waals surface area contributed by atoms with Gasteiger partial charge in [0.15, 0.2) is 5.78 Å². The normalized spacial score (nSPS) is 19.9. The molecule has 1 aliphatic heterocycles. The Bertz CT molecular complexity index is 424. The van der Waals surface area contributed by atoms with Crippen molar-refractivity contribution in [3.63, 3.8) is 0 Å². The highest BCUT2D eigenvalue weighted by Crippen LogP contribution is 2.28. The molecule has 5 heteroatoms. The third kappa shape index (κ3) is 2.85. The first-order valence-corrected chi connectivity index (χ1v) is 6.63. The fourth-order valence-electron chi connectivity index (χ4n) is 1.88. The maximum atomic E-state index is 12.1. The van der Waals surface area contributed by atoms with Crippen molar-refractivity contribution in [1.82, 2.24) is 0 Å². The summed E-state index contributed by atoms with van der Waals surface area (Å²) in [5, 5.41) is 10.5. The van der Waals surface area contributed by atoms with Crippen LogP contribution in [0.3, 0.4) is 0 Å². The van der Waals surface area contributed by atoms with Gasteiger partial charge in [-0.25, -0.2) is 0 Å². The van der Waals surface area contributed by atoms with Crippen LogP contribution < -0.4 is 0 Å². The summed E-state index contributed by atoms with van der Waals surface area (Å²) < 4.78 is 0. The largest absolute Gasteiger partial charge is 0.293 e. The van der Waals surface area contributed by atoms with Crippen LogP contribution in [-0.2, 0) is 0 Å². The van der Waals surface area contributed by atoms with E-state index in [4.69, 9.17) is 0 Å². The minimum absolute atomic E-state index is 0.0258. The number of hydrogen-bond acceptors (Lipinski definition) is 4. The van der Waals surface area contributed by atoms with Crippen LogP contribution in [0.1, 0.15) is 29.6 Å². The Kier molecular flexibility index (Phi) is 3.78. The molecule has 1 saturated heterocycles. The number of nitro groups is 1. The van der Waals surface area contributed by atoms with Crippen molar-refractivity contribution in [3.8, 4) is 0 Å². The van der Waals surface area contributed by atoms with E-state index in [9.17, 15) is 14.9 Å². The van der Waals surface area contributed by atoms with Crippen LogP contribution in [0.15, 0.2) is 24.3 Å². The van der Waals surface area contributed by atoms with E-state index in [0.717, 1.165) is 18.6 Å². The van der Waals surface area contributed by atoms with Crippen molar-refractivity contribution < 1.29 is 9.72 Å². The van der Waals surface area contributed by atoms with E-state index in [0.29, 0.717) is 5.56 Å². The second-order valence-electron chi connectivity index (χ2n) is 4.02. The predicted octanol–water partition coefficient (Wildman–Crippen LogP) is 3.06. The number of non-ortho nitro benzene ring substituents is 1. The molecule has 0 spiro atoms. The molecular formula is C12H13NO3S. The molecule has 0 radical (unpaired) electrons. The summed E-state index contributed by atoms with van der Waals surface area (Å²) in [5.74, 6) is 1.13. The molecule has 0 bridgehead atoms. The molecule has 17 heavy (non-hydrogen) atoms. The minimum atomic E-state index is -0.455. The lowest BCUT2D eigenvalue weighted by Gasteiger charge is -2.19. The van der Waals surface area contributed by atoms with Gasteiger partial charge in [0, 0.05) is 17.7 Å². The highest BCUT2D eigenvalue weighted by atomic mass is 32.2. The van der Waals surface area contributed by atoms with E-state index in [1.54, 1.807) is 23.9 Å². The number of carbonyl (C=O) groups excluding carboxylic acids is 1. The summed E-state index contributed by atoms with van der Waals surface area (Å²) >= 11 is 1.69. The van der Waals surface area contributed by atoms with Gasteiger partial charge in [0.25, 0.3) is 5.69 Å². The van der Waals surface area contributed by atoms with E-state index in [-0.39, 0.29) is 16.7 Å². The summed E-state index contributed by atoms with van der Waals surface area (Å²) in [5.41, 5.74) is 0.604. The summed E-state index contributed by atoms with van der Waals surface area (Å²) in [6.07, 6.45) is 3.19. The Morgan fingerprint density at radius 1 is 1.29 bits per heavy atom. The number of rotatable bonds is 3. The molecule has 1 atom stereocenters. The van der Waals surface area contributed by atoms with Crippen molar-refractivity contribution in [3.05, 3.63) is 39.9 Å². The number of benzene rings is 1. The molecule has 4 nitrogen and oxygen atoms in total. The summed E-state index contributed by atoms with van der Waals surface area (Å²) in [4.78, 5) is 22.1. The molecule has 1 aromatic carbocycles. The molecule has 0 aromatic heterocycles. The smallest absolute Gasteiger partial charge is 0.269 e. The number of carbonyl (C=O) groups is 1. The Hall–Kier alpha value is -1.36. The van der Waals surface area contributed by atoms with Gasteiger partial charge >= 0.3 is 0 Å². The van der Waals surface area contributed by atoms with Crippen molar-refractivity contribution in [2.24, 2.45) is 0 Å². The van der Waals surface area contributed by atoms with E-state index in [1.165, 1.54) is 18.6 Å². The van der Waals surface area contributed by atoms with Crippen molar-refractivity contribution in [1.29, 1.82) is 0 Å². The lowest BCUT2D eigenvalue weighted by atomic mass is 10.0. The van der Waals surface area contributed by atoms with E-state index in [1.807, 2.05) is 0 Å².